The normalized spacial score (nSPS) is 18.6. The summed E-state index contributed by atoms with van der Waals surface area (Å²) in [5.41, 5.74) is 0.244. The first-order chi connectivity index (χ1) is 7.47. The zero-order valence-electron chi connectivity index (χ0n) is 10.4. The van der Waals surface area contributed by atoms with Crippen LogP contribution in [0.15, 0.2) is 0 Å². The predicted molar refractivity (Wildman–Crippen MR) is 66.9 cm³/mol. The fraction of sp³-hybridized carbons (Fsp3) is 1.00. The van der Waals surface area contributed by atoms with Crippen molar-refractivity contribution >= 4 is 10.0 Å². The first kappa shape index (κ1) is 13.9. The second kappa shape index (κ2) is 5.98. The molecule has 96 valence electrons. The molecule has 2 N–H and O–H groups in total. The molecule has 0 heterocycles. The summed E-state index contributed by atoms with van der Waals surface area (Å²) in [5, 5.41) is 3.20. The lowest BCUT2D eigenvalue weighted by atomic mass is 10.2. The molecule has 5 heteroatoms. The van der Waals surface area contributed by atoms with Crippen LogP contribution in [0.4, 0.5) is 0 Å². The summed E-state index contributed by atoms with van der Waals surface area (Å²) in [6.07, 6.45) is 4.07. The lowest BCUT2D eigenvalue weighted by Crippen LogP contribution is -2.32. The van der Waals surface area contributed by atoms with Gasteiger partial charge in [-0.2, -0.15) is 0 Å². The Balaban J connectivity index is 2.09. The van der Waals surface area contributed by atoms with E-state index < -0.39 is 10.0 Å². The van der Waals surface area contributed by atoms with E-state index in [4.69, 9.17) is 0 Å². The minimum Gasteiger partial charge on any atom is -0.317 e. The quantitative estimate of drug-likeness (QED) is 0.601. The molecule has 1 rings (SSSR count). The van der Waals surface area contributed by atoms with E-state index in [-0.39, 0.29) is 11.2 Å². The maximum atomic E-state index is 11.6. The van der Waals surface area contributed by atoms with Crippen LogP contribution in [0.25, 0.3) is 0 Å². The van der Waals surface area contributed by atoms with Gasteiger partial charge in [0.2, 0.25) is 10.0 Å². The van der Waals surface area contributed by atoms with E-state index in [1.807, 2.05) is 0 Å². The van der Waals surface area contributed by atoms with E-state index in [9.17, 15) is 8.42 Å². The van der Waals surface area contributed by atoms with Gasteiger partial charge in [-0.05, 0) is 44.2 Å². The number of hydrogen-bond acceptors (Lipinski definition) is 3. The average molecular weight is 248 g/mol. The number of rotatable bonds is 9. The van der Waals surface area contributed by atoms with Crippen molar-refractivity contribution in [2.75, 3.05) is 25.4 Å². The van der Waals surface area contributed by atoms with Gasteiger partial charge in [0.1, 0.15) is 0 Å². The van der Waals surface area contributed by atoms with Crippen LogP contribution in [0, 0.1) is 5.41 Å². The molecule has 0 aromatic carbocycles. The summed E-state index contributed by atoms with van der Waals surface area (Å²) in [5.74, 6) is 0.236. The Bertz CT molecular complexity index is 297. The fourth-order valence-corrected chi connectivity index (χ4v) is 2.67. The molecule has 0 bridgehead atoms. The monoisotopic (exact) mass is 248 g/mol. The van der Waals surface area contributed by atoms with Crippen LogP contribution in [0.1, 0.15) is 39.5 Å². The summed E-state index contributed by atoms with van der Waals surface area (Å²) in [6.45, 7) is 6.58. The Kier molecular flexibility index (Phi) is 5.21. The van der Waals surface area contributed by atoms with Crippen molar-refractivity contribution in [3.8, 4) is 0 Å². The lowest BCUT2D eigenvalue weighted by Gasteiger charge is -2.10. The van der Waals surface area contributed by atoms with Crippen molar-refractivity contribution in [2.24, 2.45) is 5.41 Å². The van der Waals surface area contributed by atoms with Crippen LogP contribution in [-0.4, -0.2) is 33.8 Å². The van der Waals surface area contributed by atoms with E-state index in [2.05, 4.69) is 23.9 Å². The third kappa shape index (κ3) is 5.82. The third-order valence-electron chi connectivity index (χ3n) is 3.02. The van der Waals surface area contributed by atoms with Crippen molar-refractivity contribution in [1.82, 2.24) is 10.0 Å². The molecule has 0 aromatic rings. The number of hydrogen-bond donors (Lipinski definition) is 2. The zero-order valence-corrected chi connectivity index (χ0v) is 11.2. The molecule has 1 saturated carbocycles. The Morgan fingerprint density at radius 2 is 1.94 bits per heavy atom. The Morgan fingerprint density at radius 3 is 2.50 bits per heavy atom. The molecule has 16 heavy (non-hydrogen) atoms. The highest BCUT2D eigenvalue weighted by molar-refractivity contribution is 7.89. The second-order valence-electron chi connectivity index (χ2n) is 5.05. The average Bonchev–Trinajstić information content (AvgIpc) is 2.95. The highest BCUT2D eigenvalue weighted by atomic mass is 32.2. The molecule has 1 fully saturated rings. The van der Waals surface area contributed by atoms with Crippen molar-refractivity contribution in [2.45, 2.75) is 39.5 Å². The van der Waals surface area contributed by atoms with Gasteiger partial charge in [0.25, 0.3) is 0 Å². The number of sulfonamides is 1. The third-order valence-corrected chi connectivity index (χ3v) is 4.43. The molecular formula is C11H24N2O2S. The predicted octanol–water partition coefficient (Wildman–Crippen LogP) is 1.10. The molecule has 0 atom stereocenters. The molecule has 1 aliphatic carbocycles. The number of nitrogens with one attached hydrogen (secondary N) is 2. The summed E-state index contributed by atoms with van der Waals surface area (Å²) >= 11 is 0. The van der Waals surface area contributed by atoms with E-state index in [1.165, 1.54) is 0 Å². The van der Waals surface area contributed by atoms with Gasteiger partial charge in [0, 0.05) is 6.54 Å². The standard InChI is InChI=1S/C11H24N2O2S/c1-3-7-12-8-4-9-16(14,15)13-10-11(2)5-6-11/h12-13H,3-10H2,1-2H3. The molecule has 0 unspecified atom stereocenters. The molecule has 0 radical (unpaired) electrons. The summed E-state index contributed by atoms with van der Waals surface area (Å²) in [6, 6.07) is 0. The summed E-state index contributed by atoms with van der Waals surface area (Å²) in [4.78, 5) is 0. The summed E-state index contributed by atoms with van der Waals surface area (Å²) < 4.78 is 25.9. The van der Waals surface area contributed by atoms with Gasteiger partial charge in [-0.25, -0.2) is 13.1 Å². The Labute approximate surface area is 99.2 Å². The Hall–Kier alpha value is -0.130. The maximum Gasteiger partial charge on any atom is 0.211 e. The van der Waals surface area contributed by atoms with Gasteiger partial charge in [-0.1, -0.05) is 13.8 Å². The van der Waals surface area contributed by atoms with Crippen LogP contribution < -0.4 is 10.0 Å². The minimum absolute atomic E-state index is 0.236. The van der Waals surface area contributed by atoms with Gasteiger partial charge >= 0.3 is 0 Å². The van der Waals surface area contributed by atoms with Crippen LogP contribution >= 0.6 is 0 Å². The fourth-order valence-electron chi connectivity index (χ4n) is 1.44. The van der Waals surface area contributed by atoms with Crippen molar-refractivity contribution < 1.29 is 8.42 Å². The molecule has 0 aromatic heterocycles. The van der Waals surface area contributed by atoms with Crippen LogP contribution in [0.2, 0.25) is 0 Å². The smallest absolute Gasteiger partial charge is 0.211 e. The highest BCUT2D eigenvalue weighted by Crippen LogP contribution is 2.44. The minimum atomic E-state index is -3.05. The molecule has 0 amide bonds. The van der Waals surface area contributed by atoms with Crippen LogP contribution in [0.3, 0.4) is 0 Å². The first-order valence-corrected chi connectivity index (χ1v) is 7.81. The van der Waals surface area contributed by atoms with E-state index >= 15 is 0 Å². The van der Waals surface area contributed by atoms with Crippen LogP contribution in [-0.2, 0) is 10.0 Å². The molecule has 1 aliphatic rings. The Morgan fingerprint density at radius 1 is 1.25 bits per heavy atom. The second-order valence-corrected chi connectivity index (χ2v) is 6.98. The van der Waals surface area contributed by atoms with Crippen molar-refractivity contribution in [3.63, 3.8) is 0 Å². The topological polar surface area (TPSA) is 58.2 Å². The van der Waals surface area contributed by atoms with E-state index in [1.54, 1.807) is 0 Å². The van der Waals surface area contributed by atoms with Gasteiger partial charge in [-0.15, -0.1) is 0 Å². The van der Waals surface area contributed by atoms with E-state index in [0.717, 1.165) is 32.4 Å². The highest BCUT2D eigenvalue weighted by Gasteiger charge is 2.37. The lowest BCUT2D eigenvalue weighted by molar-refractivity contribution is 0.528. The molecule has 0 spiro atoms. The largest absolute Gasteiger partial charge is 0.317 e. The maximum absolute atomic E-state index is 11.6. The van der Waals surface area contributed by atoms with Gasteiger partial charge < -0.3 is 5.32 Å². The summed E-state index contributed by atoms with van der Waals surface area (Å²) in [7, 11) is -3.05. The molecule has 4 nitrogen and oxygen atoms in total. The van der Waals surface area contributed by atoms with Gasteiger partial charge in [-0.3, -0.25) is 0 Å². The molecule has 0 saturated heterocycles. The van der Waals surface area contributed by atoms with Gasteiger partial charge in [0.15, 0.2) is 0 Å². The zero-order chi connectivity index (χ0) is 12.1. The molecule has 0 aliphatic heterocycles. The van der Waals surface area contributed by atoms with Crippen molar-refractivity contribution in [1.29, 1.82) is 0 Å². The molecular weight excluding hydrogens is 224 g/mol. The van der Waals surface area contributed by atoms with Crippen LogP contribution in [0.5, 0.6) is 0 Å². The van der Waals surface area contributed by atoms with Gasteiger partial charge in [0.05, 0.1) is 5.75 Å². The SMILES string of the molecule is CCCNCCCS(=O)(=O)NCC1(C)CC1. The van der Waals surface area contributed by atoms with Crippen molar-refractivity contribution in [3.05, 3.63) is 0 Å². The first-order valence-electron chi connectivity index (χ1n) is 6.15. The van der Waals surface area contributed by atoms with E-state index in [0.29, 0.717) is 13.0 Å².